The van der Waals surface area contributed by atoms with Crippen molar-refractivity contribution >= 4 is 10.0 Å². The highest BCUT2D eigenvalue weighted by Gasteiger charge is 2.35. The van der Waals surface area contributed by atoms with Gasteiger partial charge in [-0.05, 0) is 37.7 Å². The Kier molecular flexibility index (Phi) is 4.75. The molecule has 0 spiro atoms. The molecule has 10 heteroatoms. The molecule has 1 fully saturated rings. The molecular weight excluding hydrogens is 373 g/mol. The van der Waals surface area contributed by atoms with Gasteiger partial charge in [0.25, 0.3) is 0 Å². The van der Waals surface area contributed by atoms with Gasteiger partial charge in [0, 0.05) is 32.6 Å². The van der Waals surface area contributed by atoms with E-state index in [9.17, 15) is 17.9 Å². The first-order valence-electron chi connectivity index (χ1n) is 8.92. The third-order valence-corrected chi connectivity index (χ3v) is 7.20. The van der Waals surface area contributed by atoms with Gasteiger partial charge in [0.1, 0.15) is 11.6 Å². The molecule has 0 bridgehead atoms. The van der Waals surface area contributed by atoms with Crippen LogP contribution in [0.4, 0.5) is 4.39 Å². The number of halogens is 1. The van der Waals surface area contributed by atoms with E-state index < -0.39 is 21.9 Å². The largest absolute Gasteiger partial charge is 0.392 e. The highest BCUT2D eigenvalue weighted by atomic mass is 32.2. The van der Waals surface area contributed by atoms with Crippen molar-refractivity contribution in [3.63, 3.8) is 0 Å². The van der Waals surface area contributed by atoms with Crippen molar-refractivity contribution in [3.8, 4) is 0 Å². The smallest absolute Gasteiger partial charge is 0.243 e. The van der Waals surface area contributed by atoms with Gasteiger partial charge in [0.2, 0.25) is 10.0 Å². The van der Waals surface area contributed by atoms with Crippen LogP contribution in [0.3, 0.4) is 0 Å². The summed E-state index contributed by atoms with van der Waals surface area (Å²) in [7, 11) is -1.76. The van der Waals surface area contributed by atoms with Crippen molar-refractivity contribution in [2.45, 2.75) is 36.4 Å². The second-order valence-corrected chi connectivity index (χ2v) is 9.02. The highest BCUT2D eigenvalue weighted by molar-refractivity contribution is 7.89. The van der Waals surface area contributed by atoms with Crippen LogP contribution < -0.4 is 0 Å². The molecular formula is C17H22FN5O3S. The Morgan fingerprint density at radius 2 is 1.89 bits per heavy atom. The van der Waals surface area contributed by atoms with Gasteiger partial charge in [0.15, 0.2) is 5.82 Å². The summed E-state index contributed by atoms with van der Waals surface area (Å²) in [6.45, 7) is 1.61. The molecule has 27 heavy (non-hydrogen) atoms. The number of aliphatic hydroxyl groups excluding tert-OH is 1. The van der Waals surface area contributed by atoms with E-state index in [1.54, 1.807) is 0 Å². The summed E-state index contributed by atoms with van der Waals surface area (Å²) < 4.78 is 42.3. The molecule has 3 heterocycles. The zero-order valence-electron chi connectivity index (χ0n) is 15.0. The summed E-state index contributed by atoms with van der Waals surface area (Å²) in [5.41, 5.74) is 0. The summed E-state index contributed by atoms with van der Waals surface area (Å²) in [4.78, 5) is 2.13. The van der Waals surface area contributed by atoms with Gasteiger partial charge >= 0.3 is 0 Å². The minimum Gasteiger partial charge on any atom is -0.392 e. The fourth-order valence-corrected chi connectivity index (χ4v) is 5.27. The second-order valence-electron chi connectivity index (χ2n) is 7.08. The normalized spacial score (nSPS) is 24.7. The highest BCUT2D eigenvalue weighted by Crippen LogP contribution is 2.30. The van der Waals surface area contributed by atoms with Crippen LogP contribution >= 0.6 is 0 Å². The molecule has 1 aromatic carbocycles. The van der Waals surface area contributed by atoms with Crippen molar-refractivity contribution in [1.82, 2.24) is 24.0 Å². The number of nitrogens with zero attached hydrogens (tertiary/aromatic N) is 5. The number of fused-ring (bicyclic) bond motifs is 1. The molecule has 0 aliphatic carbocycles. The molecule has 2 aromatic rings. The number of sulfonamides is 1. The molecule has 4 rings (SSSR count). The van der Waals surface area contributed by atoms with Gasteiger partial charge < -0.3 is 9.67 Å². The minimum absolute atomic E-state index is 0.0264. The van der Waals surface area contributed by atoms with Gasteiger partial charge in [0.05, 0.1) is 17.0 Å². The maximum absolute atomic E-state index is 13.1. The average molecular weight is 395 g/mol. The maximum atomic E-state index is 13.1. The molecule has 0 amide bonds. The van der Waals surface area contributed by atoms with Crippen molar-refractivity contribution in [2.75, 3.05) is 26.7 Å². The van der Waals surface area contributed by atoms with Crippen LogP contribution in [0.15, 0.2) is 29.2 Å². The third kappa shape index (κ3) is 3.38. The molecule has 0 radical (unpaired) electrons. The number of β-amino-alcohol motifs (C(OH)–C–C–N with tert-alkyl or cyclic N) is 1. The lowest BCUT2D eigenvalue weighted by Crippen LogP contribution is -2.34. The van der Waals surface area contributed by atoms with E-state index in [0.29, 0.717) is 32.5 Å². The molecule has 2 aliphatic rings. The quantitative estimate of drug-likeness (QED) is 0.809. The molecule has 0 saturated carbocycles. The Balaban J connectivity index is 1.56. The standard InChI is InChI=1S/C17H22FN5O3S/c1-21-11-13(24)10-15(21)17-20-19-16-6-7-22(8-9-23(16)17)27(25,26)14-4-2-12(18)3-5-14/h2-5,13,15,24H,6-11H2,1H3/t13-,15+/m1/s1. The van der Waals surface area contributed by atoms with Crippen molar-refractivity contribution in [2.24, 2.45) is 0 Å². The van der Waals surface area contributed by atoms with E-state index in [0.717, 1.165) is 23.8 Å². The van der Waals surface area contributed by atoms with Gasteiger partial charge in [-0.2, -0.15) is 4.31 Å². The maximum Gasteiger partial charge on any atom is 0.243 e. The van der Waals surface area contributed by atoms with E-state index >= 15 is 0 Å². The number of aliphatic hydroxyl groups is 1. The van der Waals surface area contributed by atoms with Crippen LogP contribution in [0.1, 0.15) is 24.1 Å². The number of hydrogen-bond donors (Lipinski definition) is 1. The number of benzene rings is 1. The minimum atomic E-state index is -3.69. The van der Waals surface area contributed by atoms with E-state index in [2.05, 4.69) is 10.2 Å². The average Bonchev–Trinajstić information content (AvgIpc) is 3.09. The summed E-state index contributed by atoms with van der Waals surface area (Å²) >= 11 is 0. The van der Waals surface area contributed by atoms with E-state index in [1.807, 2.05) is 16.5 Å². The van der Waals surface area contributed by atoms with E-state index in [1.165, 1.54) is 16.4 Å². The topological polar surface area (TPSA) is 91.6 Å². The molecule has 2 aliphatic heterocycles. The first kappa shape index (κ1) is 18.5. The summed E-state index contributed by atoms with van der Waals surface area (Å²) in [6.07, 6.45) is 0.646. The van der Waals surface area contributed by atoms with E-state index in [4.69, 9.17) is 0 Å². The number of hydrogen-bond acceptors (Lipinski definition) is 6. The van der Waals surface area contributed by atoms with Crippen LogP contribution in [0.2, 0.25) is 0 Å². The number of likely N-dealkylation sites (N-methyl/N-ethyl adjacent to an activating group) is 1. The van der Waals surface area contributed by atoms with Gasteiger partial charge in [-0.25, -0.2) is 12.8 Å². The molecule has 1 saturated heterocycles. The van der Waals surface area contributed by atoms with Gasteiger partial charge in [-0.3, -0.25) is 4.90 Å². The van der Waals surface area contributed by atoms with Crippen LogP contribution in [0.25, 0.3) is 0 Å². The molecule has 2 atom stereocenters. The number of rotatable bonds is 3. The molecule has 8 nitrogen and oxygen atoms in total. The van der Waals surface area contributed by atoms with Crippen molar-refractivity contribution in [1.29, 1.82) is 0 Å². The Hall–Kier alpha value is -1.88. The van der Waals surface area contributed by atoms with Crippen LogP contribution in [0, 0.1) is 5.82 Å². The lowest BCUT2D eigenvalue weighted by molar-refractivity contribution is 0.182. The fourth-order valence-electron chi connectivity index (χ4n) is 3.84. The first-order chi connectivity index (χ1) is 12.9. The molecule has 1 aromatic heterocycles. The van der Waals surface area contributed by atoms with Gasteiger partial charge in [-0.1, -0.05) is 0 Å². The molecule has 146 valence electrons. The predicted molar refractivity (Wildman–Crippen MR) is 94.9 cm³/mol. The summed E-state index contributed by atoms with van der Waals surface area (Å²) in [5, 5.41) is 18.5. The van der Waals surface area contributed by atoms with Crippen molar-refractivity contribution < 1.29 is 17.9 Å². The third-order valence-electron chi connectivity index (χ3n) is 5.29. The summed E-state index contributed by atoms with van der Waals surface area (Å²) in [5.74, 6) is 1.05. The Morgan fingerprint density at radius 1 is 1.15 bits per heavy atom. The fraction of sp³-hybridized carbons (Fsp3) is 0.529. The van der Waals surface area contributed by atoms with Gasteiger partial charge in [-0.15, -0.1) is 10.2 Å². The number of aromatic nitrogens is 3. The van der Waals surface area contributed by atoms with Crippen LogP contribution in [-0.4, -0.2) is 70.3 Å². The Labute approximate surface area is 157 Å². The first-order valence-corrected chi connectivity index (χ1v) is 10.4. The summed E-state index contributed by atoms with van der Waals surface area (Å²) in [6, 6.07) is 4.85. The van der Waals surface area contributed by atoms with E-state index in [-0.39, 0.29) is 17.5 Å². The lowest BCUT2D eigenvalue weighted by atomic mass is 10.2. The predicted octanol–water partition coefficient (Wildman–Crippen LogP) is 0.402. The Morgan fingerprint density at radius 3 is 2.56 bits per heavy atom. The zero-order chi connectivity index (χ0) is 19.2. The van der Waals surface area contributed by atoms with Crippen LogP contribution in [-0.2, 0) is 23.0 Å². The van der Waals surface area contributed by atoms with Crippen molar-refractivity contribution in [3.05, 3.63) is 41.7 Å². The zero-order valence-corrected chi connectivity index (χ0v) is 15.8. The van der Waals surface area contributed by atoms with Crippen LogP contribution in [0.5, 0.6) is 0 Å². The Bertz CT molecular complexity index is 931. The molecule has 1 N–H and O–H groups in total. The lowest BCUT2D eigenvalue weighted by Gasteiger charge is -2.21. The second kappa shape index (κ2) is 6.93. The molecule has 0 unspecified atom stereocenters. The number of likely N-dealkylation sites (tertiary alicyclic amines) is 1. The monoisotopic (exact) mass is 395 g/mol. The SMILES string of the molecule is CN1C[C@H](O)C[C@H]1c1nnc2n1CCN(S(=O)(=O)c1ccc(F)cc1)CC2.